The monoisotopic (exact) mass is 336 g/mol. The van der Waals surface area contributed by atoms with Crippen molar-refractivity contribution in [2.75, 3.05) is 11.7 Å². The van der Waals surface area contributed by atoms with Gasteiger partial charge in [0.15, 0.2) is 5.82 Å². The van der Waals surface area contributed by atoms with E-state index in [-0.39, 0.29) is 21.8 Å². The smallest absolute Gasteiger partial charge is 0.242 e. The number of hydrazine groups is 1. The van der Waals surface area contributed by atoms with Gasteiger partial charge < -0.3 is 5.43 Å². The SMILES string of the molecule is CSC1CCCC1NS(=O)(=O)c1cnc(NN)c(Cl)c1. The highest BCUT2D eigenvalue weighted by Gasteiger charge is 2.31. The molecule has 1 fully saturated rings. The number of pyridine rings is 1. The first-order valence-corrected chi connectivity index (χ1v) is 9.30. The van der Waals surface area contributed by atoms with Crippen LogP contribution in [0.3, 0.4) is 0 Å². The summed E-state index contributed by atoms with van der Waals surface area (Å²) in [7, 11) is -3.61. The van der Waals surface area contributed by atoms with Crippen molar-refractivity contribution in [1.29, 1.82) is 0 Å². The molecule has 20 heavy (non-hydrogen) atoms. The van der Waals surface area contributed by atoms with E-state index in [9.17, 15) is 8.42 Å². The number of nitrogen functional groups attached to an aromatic ring is 1. The molecule has 0 radical (unpaired) electrons. The van der Waals surface area contributed by atoms with E-state index in [0.29, 0.717) is 5.25 Å². The molecular formula is C11H17ClN4O2S2. The van der Waals surface area contributed by atoms with Crippen molar-refractivity contribution < 1.29 is 8.42 Å². The number of sulfonamides is 1. The van der Waals surface area contributed by atoms with Crippen LogP contribution in [0.25, 0.3) is 0 Å². The molecule has 0 spiro atoms. The molecule has 112 valence electrons. The Kier molecular flexibility index (Phi) is 5.14. The van der Waals surface area contributed by atoms with Gasteiger partial charge in [0.05, 0.1) is 5.02 Å². The zero-order valence-electron chi connectivity index (χ0n) is 11.0. The fraction of sp³-hybridized carbons (Fsp3) is 0.545. The summed E-state index contributed by atoms with van der Waals surface area (Å²) in [5.41, 5.74) is 2.30. The molecule has 0 aliphatic heterocycles. The lowest BCUT2D eigenvalue weighted by Crippen LogP contribution is -2.38. The second-order valence-electron chi connectivity index (χ2n) is 4.58. The van der Waals surface area contributed by atoms with Gasteiger partial charge in [0.25, 0.3) is 0 Å². The average molecular weight is 337 g/mol. The van der Waals surface area contributed by atoms with E-state index >= 15 is 0 Å². The quantitative estimate of drug-likeness (QED) is 0.558. The highest BCUT2D eigenvalue weighted by Crippen LogP contribution is 2.30. The van der Waals surface area contributed by atoms with Gasteiger partial charge in [-0.05, 0) is 25.2 Å². The molecule has 4 N–H and O–H groups in total. The normalized spacial score (nSPS) is 22.9. The Labute approximate surface area is 127 Å². The number of hydrogen-bond donors (Lipinski definition) is 3. The van der Waals surface area contributed by atoms with Crippen molar-refractivity contribution in [1.82, 2.24) is 9.71 Å². The molecule has 9 heteroatoms. The van der Waals surface area contributed by atoms with Gasteiger partial charge in [-0.1, -0.05) is 18.0 Å². The molecule has 2 unspecified atom stereocenters. The minimum absolute atomic E-state index is 0.0407. The minimum Gasteiger partial charge on any atom is -0.307 e. The van der Waals surface area contributed by atoms with E-state index in [1.807, 2.05) is 6.26 Å². The Hall–Kier alpha value is -0.540. The third kappa shape index (κ3) is 3.37. The summed E-state index contributed by atoms with van der Waals surface area (Å²) in [6.45, 7) is 0. The van der Waals surface area contributed by atoms with E-state index < -0.39 is 10.0 Å². The molecular weight excluding hydrogens is 320 g/mol. The molecule has 0 amide bonds. The molecule has 1 heterocycles. The maximum absolute atomic E-state index is 12.3. The second-order valence-corrected chi connectivity index (χ2v) is 7.78. The lowest BCUT2D eigenvalue weighted by molar-refractivity contribution is 0.555. The molecule has 1 saturated carbocycles. The van der Waals surface area contributed by atoms with Gasteiger partial charge >= 0.3 is 0 Å². The molecule has 0 aromatic carbocycles. The van der Waals surface area contributed by atoms with Gasteiger partial charge in [-0.2, -0.15) is 11.8 Å². The van der Waals surface area contributed by atoms with Crippen LogP contribution in [0.2, 0.25) is 5.02 Å². The van der Waals surface area contributed by atoms with Crippen molar-refractivity contribution in [3.63, 3.8) is 0 Å². The van der Waals surface area contributed by atoms with Crippen molar-refractivity contribution in [2.45, 2.75) is 35.4 Å². The predicted molar refractivity (Wildman–Crippen MR) is 82.3 cm³/mol. The zero-order chi connectivity index (χ0) is 14.8. The maximum atomic E-state index is 12.3. The van der Waals surface area contributed by atoms with Crippen LogP contribution in [0, 0.1) is 0 Å². The van der Waals surface area contributed by atoms with Gasteiger partial charge in [-0.25, -0.2) is 24.0 Å². The van der Waals surface area contributed by atoms with Gasteiger partial charge in [0.2, 0.25) is 10.0 Å². The maximum Gasteiger partial charge on any atom is 0.242 e. The Morgan fingerprint density at radius 1 is 1.50 bits per heavy atom. The van der Waals surface area contributed by atoms with E-state index in [0.717, 1.165) is 19.3 Å². The lowest BCUT2D eigenvalue weighted by atomic mass is 10.3. The second kappa shape index (κ2) is 6.48. The molecule has 0 bridgehead atoms. The average Bonchev–Trinajstić information content (AvgIpc) is 2.85. The summed E-state index contributed by atoms with van der Waals surface area (Å²) in [4.78, 5) is 3.93. The van der Waals surface area contributed by atoms with Crippen molar-refractivity contribution in [3.05, 3.63) is 17.3 Å². The summed E-state index contributed by atoms with van der Waals surface area (Å²) < 4.78 is 27.4. The minimum atomic E-state index is -3.61. The number of thioether (sulfide) groups is 1. The number of halogens is 1. The van der Waals surface area contributed by atoms with E-state index in [4.69, 9.17) is 17.4 Å². The van der Waals surface area contributed by atoms with E-state index in [1.54, 1.807) is 11.8 Å². The molecule has 0 saturated heterocycles. The molecule has 2 atom stereocenters. The first-order chi connectivity index (χ1) is 9.47. The van der Waals surface area contributed by atoms with Crippen molar-refractivity contribution in [2.24, 2.45) is 5.84 Å². The van der Waals surface area contributed by atoms with Crippen LogP contribution in [0.15, 0.2) is 17.2 Å². The number of hydrogen-bond acceptors (Lipinski definition) is 6. The number of nitrogens with one attached hydrogen (secondary N) is 2. The lowest BCUT2D eigenvalue weighted by Gasteiger charge is -2.19. The molecule has 6 nitrogen and oxygen atoms in total. The molecule has 1 aromatic heterocycles. The molecule has 2 rings (SSSR count). The molecule has 1 aliphatic rings. The zero-order valence-corrected chi connectivity index (χ0v) is 13.4. The number of nitrogens with two attached hydrogens (primary N) is 1. The van der Waals surface area contributed by atoms with Crippen LogP contribution in [-0.2, 0) is 10.0 Å². The summed E-state index contributed by atoms with van der Waals surface area (Å²) in [5.74, 6) is 5.46. The van der Waals surface area contributed by atoms with Crippen LogP contribution >= 0.6 is 23.4 Å². The van der Waals surface area contributed by atoms with E-state index in [2.05, 4.69) is 15.1 Å². The van der Waals surface area contributed by atoms with Crippen LogP contribution in [0.4, 0.5) is 5.82 Å². The van der Waals surface area contributed by atoms with Crippen molar-refractivity contribution >= 4 is 39.2 Å². The molecule has 1 aliphatic carbocycles. The largest absolute Gasteiger partial charge is 0.307 e. The fourth-order valence-electron chi connectivity index (χ4n) is 2.28. The fourth-order valence-corrected chi connectivity index (χ4v) is 4.87. The van der Waals surface area contributed by atoms with Gasteiger partial charge in [-0.15, -0.1) is 0 Å². The van der Waals surface area contributed by atoms with Crippen LogP contribution < -0.4 is 16.0 Å². The summed E-state index contributed by atoms with van der Waals surface area (Å²) >= 11 is 7.60. The Bertz CT molecular complexity index is 582. The summed E-state index contributed by atoms with van der Waals surface area (Å²) in [5, 5.41) is 0.487. The summed E-state index contributed by atoms with van der Waals surface area (Å²) in [6, 6.07) is 1.30. The predicted octanol–water partition coefficient (Wildman–Crippen LogP) is 1.58. The number of aromatic nitrogens is 1. The Balaban J connectivity index is 2.20. The first kappa shape index (κ1) is 15.8. The number of anilines is 1. The summed E-state index contributed by atoms with van der Waals surface area (Å²) in [6.07, 6.45) is 6.16. The van der Waals surface area contributed by atoms with Gasteiger partial charge in [0.1, 0.15) is 4.90 Å². The Morgan fingerprint density at radius 3 is 2.85 bits per heavy atom. The third-order valence-corrected chi connectivity index (χ3v) is 6.24. The highest BCUT2D eigenvalue weighted by molar-refractivity contribution is 7.99. The number of rotatable bonds is 5. The Morgan fingerprint density at radius 2 is 2.25 bits per heavy atom. The molecule has 1 aromatic rings. The van der Waals surface area contributed by atoms with Gasteiger partial charge in [-0.3, -0.25) is 0 Å². The number of nitrogens with zero attached hydrogens (tertiary/aromatic N) is 1. The van der Waals surface area contributed by atoms with Crippen LogP contribution in [-0.4, -0.2) is 30.9 Å². The van der Waals surface area contributed by atoms with Gasteiger partial charge in [0, 0.05) is 17.5 Å². The topological polar surface area (TPSA) is 97.1 Å². The first-order valence-electron chi connectivity index (χ1n) is 6.15. The third-order valence-electron chi connectivity index (χ3n) is 3.32. The van der Waals surface area contributed by atoms with Crippen LogP contribution in [0.1, 0.15) is 19.3 Å². The highest BCUT2D eigenvalue weighted by atomic mass is 35.5. The van der Waals surface area contributed by atoms with Crippen LogP contribution in [0.5, 0.6) is 0 Å². The van der Waals surface area contributed by atoms with Crippen molar-refractivity contribution in [3.8, 4) is 0 Å². The van der Waals surface area contributed by atoms with E-state index in [1.165, 1.54) is 12.3 Å². The standard InChI is InChI=1S/C11H17ClN4O2S2/c1-19-10-4-2-3-9(10)16-20(17,18)7-5-8(12)11(15-13)14-6-7/h5-6,9-10,16H,2-4,13H2,1H3,(H,14,15).